The molecule has 0 aromatic carbocycles. The molecule has 3 N–H and O–H groups in total. The molecule has 0 amide bonds. The summed E-state index contributed by atoms with van der Waals surface area (Å²) in [7, 11) is 0. The van der Waals surface area contributed by atoms with Gasteiger partial charge in [0.05, 0.1) is 52.4 Å². The van der Waals surface area contributed by atoms with Crippen molar-refractivity contribution in [1.29, 1.82) is 0 Å². The summed E-state index contributed by atoms with van der Waals surface area (Å²) < 4.78 is 19.0. The Balaban J connectivity index is 1.51. The molecular formula is C30H51BrO7. The second kappa shape index (κ2) is 11.5. The van der Waals surface area contributed by atoms with E-state index in [4.69, 9.17) is 14.2 Å². The molecule has 8 heteroatoms. The molecule has 0 bridgehead atoms. The van der Waals surface area contributed by atoms with Crippen molar-refractivity contribution in [3.63, 3.8) is 0 Å². The Morgan fingerprint density at radius 2 is 1.74 bits per heavy atom. The van der Waals surface area contributed by atoms with Crippen LogP contribution in [0.5, 0.6) is 0 Å². The summed E-state index contributed by atoms with van der Waals surface area (Å²) in [6.07, 6.45) is 4.11. The largest absolute Gasteiger partial charge is 0.390 e. The predicted octanol–water partition coefficient (Wildman–Crippen LogP) is 5.15. The van der Waals surface area contributed by atoms with Crippen LogP contribution in [0, 0.1) is 0 Å². The number of rotatable bonds is 10. The average molecular weight is 604 g/mol. The zero-order valence-electron chi connectivity index (χ0n) is 24.5. The highest BCUT2D eigenvalue weighted by molar-refractivity contribution is 9.09. The van der Waals surface area contributed by atoms with Crippen molar-refractivity contribution in [2.45, 2.75) is 170 Å². The van der Waals surface area contributed by atoms with E-state index in [1.165, 1.54) is 0 Å². The maximum Gasteiger partial charge on any atom is 0.158 e. The molecule has 0 spiro atoms. The van der Waals surface area contributed by atoms with Gasteiger partial charge in [-0.2, -0.15) is 0 Å². The Labute approximate surface area is 237 Å². The van der Waals surface area contributed by atoms with Crippen molar-refractivity contribution in [2.24, 2.45) is 0 Å². The van der Waals surface area contributed by atoms with Crippen molar-refractivity contribution >= 4 is 21.7 Å². The van der Waals surface area contributed by atoms with E-state index >= 15 is 0 Å². The van der Waals surface area contributed by atoms with Gasteiger partial charge in [-0.1, -0.05) is 22.5 Å². The number of halogens is 1. The zero-order chi connectivity index (χ0) is 28.7. The van der Waals surface area contributed by atoms with E-state index in [9.17, 15) is 20.1 Å². The van der Waals surface area contributed by atoms with E-state index in [0.717, 1.165) is 12.8 Å². The molecule has 8 atom stereocenters. The summed E-state index contributed by atoms with van der Waals surface area (Å²) in [4.78, 5) is 13.2. The number of ketones is 1. The van der Waals surface area contributed by atoms with Crippen molar-refractivity contribution in [2.75, 3.05) is 0 Å². The molecule has 0 aromatic rings. The van der Waals surface area contributed by atoms with Crippen LogP contribution in [0.1, 0.15) is 113 Å². The van der Waals surface area contributed by atoms with E-state index in [1.807, 2.05) is 6.92 Å². The van der Waals surface area contributed by atoms with Crippen molar-refractivity contribution in [3.05, 3.63) is 12.2 Å². The van der Waals surface area contributed by atoms with Gasteiger partial charge in [-0.05, 0) is 112 Å². The predicted molar refractivity (Wildman–Crippen MR) is 151 cm³/mol. The third-order valence-electron chi connectivity index (χ3n) is 9.32. The number of hydrogen-bond acceptors (Lipinski definition) is 7. The molecule has 38 heavy (non-hydrogen) atoms. The molecular weight excluding hydrogens is 552 g/mol. The molecule has 3 fully saturated rings. The molecule has 0 aliphatic carbocycles. The first-order valence-electron chi connectivity index (χ1n) is 14.3. The fourth-order valence-electron chi connectivity index (χ4n) is 6.33. The molecule has 0 radical (unpaired) electrons. The first kappa shape index (κ1) is 32.2. The summed E-state index contributed by atoms with van der Waals surface area (Å²) in [6.45, 7) is 17.3. The third kappa shape index (κ3) is 7.29. The van der Waals surface area contributed by atoms with E-state index in [1.54, 1.807) is 20.8 Å². The first-order chi connectivity index (χ1) is 17.3. The van der Waals surface area contributed by atoms with Crippen LogP contribution in [0.15, 0.2) is 12.2 Å². The molecule has 3 aliphatic rings. The van der Waals surface area contributed by atoms with Gasteiger partial charge >= 0.3 is 0 Å². The maximum absolute atomic E-state index is 12.9. The monoisotopic (exact) mass is 602 g/mol. The molecule has 3 heterocycles. The lowest BCUT2D eigenvalue weighted by Crippen LogP contribution is -2.60. The summed E-state index contributed by atoms with van der Waals surface area (Å²) in [6, 6.07) is 0. The van der Waals surface area contributed by atoms with Gasteiger partial charge in [0, 0.05) is 11.2 Å². The minimum Gasteiger partial charge on any atom is -0.390 e. The second-order valence-electron chi connectivity index (χ2n) is 13.8. The molecule has 8 unspecified atom stereocenters. The van der Waals surface area contributed by atoms with Crippen LogP contribution in [-0.2, 0) is 19.0 Å². The lowest BCUT2D eigenvalue weighted by molar-refractivity contribution is -0.261. The number of ether oxygens (including phenoxy) is 3. The molecule has 3 saturated heterocycles. The van der Waals surface area contributed by atoms with Crippen LogP contribution in [0.4, 0.5) is 0 Å². The minimum atomic E-state index is -1.02. The molecule has 7 nitrogen and oxygen atoms in total. The number of alkyl halides is 1. The SMILES string of the molecule is C=C(CCC(O)C1(C)CCC(C(C)(C)O)O1)C(=O)CCC1OC(C2(C)CCC(Br)C(C)(C)O2)CCC1(C)O. The van der Waals surface area contributed by atoms with Gasteiger partial charge in [0.2, 0.25) is 0 Å². The molecule has 3 aliphatic heterocycles. The fraction of sp³-hybridized carbons (Fsp3) is 0.900. The number of hydrogen-bond donors (Lipinski definition) is 3. The second-order valence-corrected chi connectivity index (χ2v) is 14.9. The number of allylic oxidation sites excluding steroid dienone is 1. The highest BCUT2D eigenvalue weighted by atomic mass is 79.9. The Hall–Kier alpha value is -0.350. The van der Waals surface area contributed by atoms with Crippen LogP contribution in [0.2, 0.25) is 0 Å². The molecule has 220 valence electrons. The Morgan fingerprint density at radius 1 is 1.08 bits per heavy atom. The standard InChI is InChI=1S/C30H51BrO7/c1-19(9-11-22(33)29(7)18-15-23(37-29)26(2,3)34)20(32)10-12-24-28(6,35)16-14-25(36-24)30(8)17-13-21(31)27(4,5)38-30/h21-25,33-35H,1,9-18H2,2-8H3. The van der Waals surface area contributed by atoms with E-state index in [2.05, 4.69) is 43.3 Å². The van der Waals surface area contributed by atoms with Crippen LogP contribution in [0.3, 0.4) is 0 Å². The summed E-state index contributed by atoms with van der Waals surface area (Å²) in [5.74, 6) is -0.0750. The van der Waals surface area contributed by atoms with E-state index in [-0.39, 0.29) is 34.8 Å². The molecule has 0 saturated carbocycles. The number of carbonyl (C=O) groups excluding carboxylic acids is 1. The third-order valence-corrected chi connectivity index (χ3v) is 10.9. The number of carbonyl (C=O) groups is 1. The number of Topliss-reactive ketones (excluding diaryl/α,β-unsaturated/α-hetero) is 1. The average Bonchev–Trinajstić information content (AvgIpc) is 3.22. The summed E-state index contributed by atoms with van der Waals surface area (Å²) in [5.41, 5.74) is -3.04. The highest BCUT2D eigenvalue weighted by Gasteiger charge is 2.51. The quantitative estimate of drug-likeness (QED) is 0.234. The topological polar surface area (TPSA) is 105 Å². The van der Waals surface area contributed by atoms with Gasteiger partial charge in [0.25, 0.3) is 0 Å². The number of aliphatic hydroxyl groups excluding tert-OH is 1. The Kier molecular flexibility index (Phi) is 9.73. The van der Waals surface area contributed by atoms with Crippen LogP contribution in [0.25, 0.3) is 0 Å². The molecule has 3 rings (SSSR count). The lowest BCUT2D eigenvalue weighted by Gasteiger charge is -2.53. The lowest BCUT2D eigenvalue weighted by atomic mass is 9.78. The van der Waals surface area contributed by atoms with Crippen LogP contribution in [-0.4, -0.2) is 78.4 Å². The van der Waals surface area contributed by atoms with Crippen LogP contribution < -0.4 is 0 Å². The van der Waals surface area contributed by atoms with Gasteiger partial charge in [-0.25, -0.2) is 0 Å². The Morgan fingerprint density at radius 3 is 2.32 bits per heavy atom. The number of aliphatic hydroxyl groups is 3. The first-order valence-corrected chi connectivity index (χ1v) is 15.2. The highest BCUT2D eigenvalue weighted by Crippen LogP contribution is 2.45. The van der Waals surface area contributed by atoms with E-state index < -0.39 is 34.6 Å². The fourth-order valence-corrected chi connectivity index (χ4v) is 6.65. The Bertz CT molecular complexity index is 865. The van der Waals surface area contributed by atoms with Gasteiger partial charge < -0.3 is 29.5 Å². The summed E-state index contributed by atoms with van der Waals surface area (Å²) in [5, 5.41) is 32.2. The maximum atomic E-state index is 12.9. The van der Waals surface area contributed by atoms with Gasteiger partial charge in [-0.3, -0.25) is 4.79 Å². The van der Waals surface area contributed by atoms with Gasteiger partial charge in [-0.15, -0.1) is 0 Å². The van der Waals surface area contributed by atoms with E-state index in [0.29, 0.717) is 50.5 Å². The van der Waals surface area contributed by atoms with Crippen molar-refractivity contribution < 1.29 is 34.3 Å². The normalized spacial score (nSPS) is 40.6. The zero-order valence-corrected chi connectivity index (χ0v) is 26.1. The van der Waals surface area contributed by atoms with Crippen molar-refractivity contribution in [1.82, 2.24) is 0 Å². The summed E-state index contributed by atoms with van der Waals surface area (Å²) >= 11 is 3.74. The van der Waals surface area contributed by atoms with Crippen molar-refractivity contribution in [3.8, 4) is 0 Å². The van der Waals surface area contributed by atoms with Crippen LogP contribution >= 0.6 is 15.9 Å². The van der Waals surface area contributed by atoms with Gasteiger partial charge in [0.15, 0.2) is 5.78 Å². The minimum absolute atomic E-state index is 0.0750. The molecule has 0 aromatic heterocycles. The van der Waals surface area contributed by atoms with Gasteiger partial charge in [0.1, 0.15) is 0 Å². The smallest absolute Gasteiger partial charge is 0.158 e.